The Morgan fingerprint density at radius 1 is 1.53 bits per heavy atom. The number of carbonyl (C=O) groups is 1. The van der Waals surface area contributed by atoms with Crippen molar-refractivity contribution in [2.45, 2.75) is 51.2 Å². The summed E-state index contributed by atoms with van der Waals surface area (Å²) in [4.78, 5) is 11.6. The maximum absolute atomic E-state index is 11.6. The number of allylic oxidation sites excluding steroid dienone is 1. The van der Waals surface area contributed by atoms with Crippen LogP contribution in [0.1, 0.15) is 39.5 Å². The molecule has 96 valence electrons. The van der Waals surface area contributed by atoms with E-state index in [9.17, 15) is 15.0 Å². The first-order chi connectivity index (χ1) is 7.84. The molecule has 3 heteroatoms. The molecule has 0 spiro atoms. The lowest BCUT2D eigenvalue weighted by atomic mass is 9.57. The second-order valence-electron chi connectivity index (χ2n) is 5.98. The van der Waals surface area contributed by atoms with Gasteiger partial charge in [-0.1, -0.05) is 12.2 Å². The van der Waals surface area contributed by atoms with Gasteiger partial charge in [-0.15, -0.1) is 0 Å². The van der Waals surface area contributed by atoms with Gasteiger partial charge in [-0.3, -0.25) is 4.79 Å². The van der Waals surface area contributed by atoms with Gasteiger partial charge in [0.1, 0.15) is 5.78 Å². The van der Waals surface area contributed by atoms with Crippen molar-refractivity contribution in [1.29, 1.82) is 0 Å². The smallest absolute Gasteiger partial charge is 0.133 e. The average Bonchev–Trinajstić information content (AvgIpc) is 2.24. The molecule has 2 N–H and O–H groups in total. The molecule has 0 heterocycles. The van der Waals surface area contributed by atoms with Crippen LogP contribution in [0, 0.1) is 17.8 Å². The van der Waals surface area contributed by atoms with Gasteiger partial charge >= 0.3 is 0 Å². The number of rotatable bonds is 1. The van der Waals surface area contributed by atoms with Gasteiger partial charge in [0, 0.05) is 18.8 Å². The van der Waals surface area contributed by atoms with E-state index in [0.29, 0.717) is 25.2 Å². The predicted molar refractivity (Wildman–Crippen MR) is 65.4 cm³/mol. The standard InChI is InChI=1S/C14H22O3/c1-8(2)11-7-13(16)14(3,17)12-6-9(15)4-5-10(11)12/h10-13,16-17H,1,4-7H2,2-3H3/t10-,11-,12+,13-,14-/m0/s1. The largest absolute Gasteiger partial charge is 0.390 e. The molecule has 2 aliphatic rings. The summed E-state index contributed by atoms with van der Waals surface area (Å²) in [6.45, 7) is 7.64. The molecular formula is C14H22O3. The van der Waals surface area contributed by atoms with Crippen molar-refractivity contribution in [3.8, 4) is 0 Å². The Bertz CT molecular complexity index is 345. The number of ketones is 1. The summed E-state index contributed by atoms with van der Waals surface area (Å²) < 4.78 is 0. The zero-order valence-corrected chi connectivity index (χ0v) is 10.6. The van der Waals surface area contributed by atoms with Crippen molar-refractivity contribution in [3.63, 3.8) is 0 Å². The van der Waals surface area contributed by atoms with Crippen molar-refractivity contribution in [3.05, 3.63) is 12.2 Å². The number of aliphatic hydroxyl groups excluding tert-OH is 1. The van der Waals surface area contributed by atoms with Crippen molar-refractivity contribution < 1.29 is 15.0 Å². The quantitative estimate of drug-likeness (QED) is 0.683. The van der Waals surface area contributed by atoms with Crippen molar-refractivity contribution in [1.82, 2.24) is 0 Å². The fourth-order valence-electron chi connectivity index (χ4n) is 3.62. The summed E-state index contributed by atoms with van der Waals surface area (Å²) >= 11 is 0. The zero-order valence-electron chi connectivity index (χ0n) is 10.6. The molecule has 0 aromatic carbocycles. The van der Waals surface area contributed by atoms with Gasteiger partial charge < -0.3 is 10.2 Å². The number of carbonyl (C=O) groups excluding carboxylic acids is 1. The minimum absolute atomic E-state index is 0.116. The van der Waals surface area contributed by atoms with Crippen LogP contribution in [-0.2, 0) is 4.79 Å². The molecule has 3 nitrogen and oxygen atoms in total. The first kappa shape index (κ1) is 12.8. The molecule has 0 aromatic rings. The summed E-state index contributed by atoms with van der Waals surface area (Å²) in [7, 11) is 0. The van der Waals surface area contributed by atoms with E-state index < -0.39 is 11.7 Å². The van der Waals surface area contributed by atoms with Crippen LogP contribution >= 0.6 is 0 Å². The summed E-state index contributed by atoms with van der Waals surface area (Å²) in [5, 5.41) is 20.5. The second kappa shape index (κ2) is 4.21. The Morgan fingerprint density at radius 2 is 2.18 bits per heavy atom. The second-order valence-corrected chi connectivity index (χ2v) is 5.98. The van der Waals surface area contributed by atoms with Gasteiger partial charge in [0.2, 0.25) is 0 Å². The maximum Gasteiger partial charge on any atom is 0.133 e. The van der Waals surface area contributed by atoms with Gasteiger partial charge in [0.05, 0.1) is 11.7 Å². The first-order valence-electron chi connectivity index (χ1n) is 6.41. The van der Waals surface area contributed by atoms with E-state index in [2.05, 4.69) is 6.58 Å². The monoisotopic (exact) mass is 238 g/mol. The van der Waals surface area contributed by atoms with E-state index in [1.807, 2.05) is 6.92 Å². The van der Waals surface area contributed by atoms with E-state index in [0.717, 1.165) is 12.0 Å². The number of Topliss-reactive ketones (excluding diaryl/α,β-unsaturated/α-hetero) is 1. The van der Waals surface area contributed by atoms with Crippen LogP contribution in [-0.4, -0.2) is 27.7 Å². The molecule has 17 heavy (non-hydrogen) atoms. The van der Waals surface area contributed by atoms with Crippen LogP contribution < -0.4 is 0 Å². The molecular weight excluding hydrogens is 216 g/mol. The Morgan fingerprint density at radius 3 is 2.76 bits per heavy atom. The van der Waals surface area contributed by atoms with Gasteiger partial charge in [0.25, 0.3) is 0 Å². The van der Waals surface area contributed by atoms with E-state index >= 15 is 0 Å². The predicted octanol–water partition coefficient (Wildman–Crippen LogP) is 1.68. The van der Waals surface area contributed by atoms with E-state index in [-0.39, 0.29) is 17.6 Å². The molecule has 2 rings (SSSR count). The summed E-state index contributed by atoms with van der Waals surface area (Å²) in [5.41, 5.74) is -0.0731. The summed E-state index contributed by atoms with van der Waals surface area (Å²) in [6, 6.07) is 0. The molecule has 5 atom stereocenters. The van der Waals surface area contributed by atoms with Crippen LogP contribution in [0.2, 0.25) is 0 Å². The van der Waals surface area contributed by atoms with Crippen LogP contribution in [0.3, 0.4) is 0 Å². The average molecular weight is 238 g/mol. The Balaban J connectivity index is 2.31. The van der Waals surface area contributed by atoms with Gasteiger partial charge in [-0.25, -0.2) is 0 Å². The summed E-state index contributed by atoms with van der Waals surface area (Å²) in [6.07, 6.45) is 1.65. The number of hydrogen-bond donors (Lipinski definition) is 2. The van der Waals surface area contributed by atoms with Crippen LogP contribution in [0.15, 0.2) is 12.2 Å². The van der Waals surface area contributed by atoms with Gasteiger partial charge in [-0.05, 0) is 38.5 Å². The van der Waals surface area contributed by atoms with Crippen molar-refractivity contribution in [2.24, 2.45) is 17.8 Å². The molecule has 0 saturated heterocycles. The van der Waals surface area contributed by atoms with E-state index in [4.69, 9.17) is 0 Å². The third-order valence-electron chi connectivity index (χ3n) is 4.77. The Hall–Kier alpha value is -0.670. The SMILES string of the molecule is C=C(C)[C@@H]1C[C@H](O)[C@@](C)(O)[C@@H]2CC(=O)CC[C@H]21. The topological polar surface area (TPSA) is 57.5 Å². The highest BCUT2D eigenvalue weighted by Gasteiger charge is 2.52. The van der Waals surface area contributed by atoms with E-state index in [1.54, 1.807) is 6.92 Å². The molecule has 0 amide bonds. The molecule has 0 aliphatic heterocycles. The number of aliphatic hydroxyl groups is 2. The minimum atomic E-state index is -1.13. The Labute approximate surface area is 103 Å². The number of hydrogen-bond acceptors (Lipinski definition) is 3. The van der Waals surface area contributed by atoms with Crippen LogP contribution in [0.5, 0.6) is 0 Å². The lowest BCUT2D eigenvalue weighted by Crippen LogP contribution is -2.57. The van der Waals surface area contributed by atoms with Gasteiger partial charge in [0.15, 0.2) is 0 Å². The highest BCUT2D eigenvalue weighted by molar-refractivity contribution is 5.79. The number of fused-ring (bicyclic) bond motifs is 1. The normalized spacial score (nSPS) is 46.5. The summed E-state index contributed by atoms with van der Waals surface area (Å²) in [5.74, 6) is 0.627. The molecule has 2 fully saturated rings. The molecule has 0 aromatic heterocycles. The molecule has 0 bridgehead atoms. The zero-order chi connectivity index (χ0) is 12.8. The lowest BCUT2D eigenvalue weighted by molar-refractivity contribution is -0.169. The van der Waals surface area contributed by atoms with E-state index in [1.165, 1.54) is 0 Å². The Kier molecular flexibility index (Phi) is 3.17. The highest BCUT2D eigenvalue weighted by atomic mass is 16.3. The highest BCUT2D eigenvalue weighted by Crippen LogP contribution is 2.49. The minimum Gasteiger partial charge on any atom is -0.390 e. The lowest BCUT2D eigenvalue weighted by Gasteiger charge is -2.51. The molecule has 2 aliphatic carbocycles. The first-order valence-corrected chi connectivity index (χ1v) is 6.41. The maximum atomic E-state index is 11.6. The molecule has 2 saturated carbocycles. The van der Waals surface area contributed by atoms with Crippen LogP contribution in [0.25, 0.3) is 0 Å². The van der Waals surface area contributed by atoms with Gasteiger partial charge in [-0.2, -0.15) is 0 Å². The van der Waals surface area contributed by atoms with Crippen LogP contribution in [0.4, 0.5) is 0 Å². The third-order valence-corrected chi connectivity index (χ3v) is 4.77. The molecule has 0 radical (unpaired) electrons. The molecule has 0 unspecified atom stereocenters. The fraction of sp³-hybridized carbons (Fsp3) is 0.786. The fourth-order valence-corrected chi connectivity index (χ4v) is 3.62. The van der Waals surface area contributed by atoms with Crippen molar-refractivity contribution in [2.75, 3.05) is 0 Å². The third kappa shape index (κ3) is 2.06. The van der Waals surface area contributed by atoms with Crippen molar-refractivity contribution >= 4 is 5.78 Å².